The van der Waals surface area contributed by atoms with Crippen LogP contribution in [-0.2, 0) is 23.8 Å². The summed E-state index contributed by atoms with van der Waals surface area (Å²) in [5.41, 5.74) is 7.24. The van der Waals surface area contributed by atoms with Crippen LogP contribution in [0.3, 0.4) is 0 Å². The Balaban J connectivity index is 0.000000438. The first-order chi connectivity index (χ1) is 43.7. The molecule has 0 radical (unpaired) electrons. The Kier molecular flexibility index (Phi) is 30.5. The molecule has 3 amide bonds. The second kappa shape index (κ2) is 36.7. The molecule has 6 heterocycles. The van der Waals surface area contributed by atoms with Crippen molar-refractivity contribution in [1.82, 2.24) is 40.9 Å². The second-order valence-corrected chi connectivity index (χ2v) is 22.8. The number of rotatable bonds is 15. The average molecular weight is 1290 g/mol. The topological polar surface area (TPSA) is 422 Å². The third kappa shape index (κ3) is 20.4. The fraction of sp³-hybridized carbons (Fsp3) is 0.516. The van der Waals surface area contributed by atoms with Crippen molar-refractivity contribution < 1.29 is 78.7 Å². The first-order valence-electron chi connectivity index (χ1n) is 30.4. The van der Waals surface area contributed by atoms with E-state index in [0.29, 0.717) is 18.7 Å². The number of aromatic nitrogens is 3. The average Bonchev–Trinajstić information content (AvgIpc) is 1.44. The number of hydrogen-bond acceptors (Lipinski definition) is 25. The van der Waals surface area contributed by atoms with Crippen molar-refractivity contribution in [3.05, 3.63) is 107 Å². The van der Waals surface area contributed by atoms with Gasteiger partial charge in [0.1, 0.15) is 29.0 Å². The number of hydrazone groups is 1. The highest BCUT2D eigenvalue weighted by Gasteiger charge is 2.50. The van der Waals surface area contributed by atoms with Crippen molar-refractivity contribution in [2.24, 2.45) is 40.3 Å². The van der Waals surface area contributed by atoms with Gasteiger partial charge >= 0.3 is 11.8 Å². The van der Waals surface area contributed by atoms with Gasteiger partial charge < -0.3 is 81.3 Å². The number of hydrazine groups is 1. The summed E-state index contributed by atoms with van der Waals surface area (Å²) in [5, 5.41) is 91.1. The van der Waals surface area contributed by atoms with Crippen LogP contribution >= 0.6 is 0 Å². The fourth-order valence-corrected chi connectivity index (χ4v) is 10.2. The maximum absolute atomic E-state index is 14.4. The van der Waals surface area contributed by atoms with E-state index < -0.39 is 94.7 Å². The number of esters is 1. The number of aromatic hydroxyl groups is 3. The Hall–Kier alpha value is -8.19. The number of amides is 3. The Morgan fingerprint density at radius 3 is 2.01 bits per heavy atom. The van der Waals surface area contributed by atoms with Gasteiger partial charge in [0.2, 0.25) is 0 Å². The number of likely N-dealkylation sites (N-methyl/N-ethyl adjacent to an activating group) is 1. The highest BCUT2D eigenvalue weighted by molar-refractivity contribution is 6.24. The molecule has 28 heteroatoms. The molecular weight excluding hydrogens is 1190 g/mol. The van der Waals surface area contributed by atoms with E-state index in [4.69, 9.17) is 40.7 Å². The van der Waals surface area contributed by atoms with Gasteiger partial charge in [-0.05, 0) is 51.9 Å². The molecule has 11 atom stereocenters. The van der Waals surface area contributed by atoms with Gasteiger partial charge in [-0.3, -0.25) is 44.4 Å². The monoisotopic (exact) mass is 1290 g/mol. The first-order valence-corrected chi connectivity index (χ1v) is 30.4. The standard InChI is InChI=1S/C43H58N4O12.C10H24N2O2.C6H7N3O.C5H5N3O/c1-21-12-11-13-22(2)42(55)45-33-28(20-44-47-17-15-46(9)16-18-47)37(52)30-31(38(33)53)36(51)26(6)40-32(30)41(54)43(8,59-40)57-19-14-29(56-10)23(3)39(58-27(7)48)25(5)35(50)24(4)34(21)49;1-3-9(7-13)11-5-6-12-10(4-2)8-14;7-9-6(10)5-1-3-8-4-2-5;6-5(9)4-3-7-1-2-8-4/h11-14,19-21,23-25,29,34-35,39,49-53H,15-18H2,1-10H3,(H,45,55);9-14H,3-8H2,1-2H3;1-4H,7H2,(H,9,10);1-3H,(H2,6,9)/b12-11+,19-14+,22-13-,44-20+;;;/t21-,23+,24+,25+,29-,34-,35+,39+,43-;9-,10-;;/m01../s1. The molecule has 2 aromatic heterocycles. The summed E-state index contributed by atoms with van der Waals surface area (Å²) in [6, 6.07) is 3.57. The number of pyridine rings is 1. The predicted molar refractivity (Wildman–Crippen MR) is 345 cm³/mol. The quantitative estimate of drug-likeness (QED) is 0.0119. The minimum atomic E-state index is -2.04. The second-order valence-electron chi connectivity index (χ2n) is 22.8. The van der Waals surface area contributed by atoms with Crippen LogP contribution in [0.15, 0.2) is 84.4 Å². The maximum atomic E-state index is 14.4. The number of nitrogens with two attached hydrogens (primary N) is 2. The largest absolute Gasteiger partial charge is 0.507 e. The van der Waals surface area contributed by atoms with Gasteiger partial charge in [0, 0.05) is 143 Å². The molecular formula is C64H94N12O16. The smallest absolute Gasteiger partial charge is 0.312 e. The lowest BCUT2D eigenvalue weighted by atomic mass is 9.78. The molecule has 28 nitrogen and oxygen atoms in total. The maximum Gasteiger partial charge on any atom is 0.312 e. The lowest BCUT2D eigenvalue weighted by Gasteiger charge is -2.38. The van der Waals surface area contributed by atoms with Gasteiger partial charge in [-0.25, -0.2) is 10.8 Å². The van der Waals surface area contributed by atoms with Gasteiger partial charge in [-0.2, -0.15) is 5.10 Å². The lowest BCUT2D eigenvalue weighted by Crippen LogP contribution is -2.46. The normalized spacial score (nSPS) is 24.8. The number of aliphatic hydroxyl groups excluding tert-OH is 4. The molecule has 4 aliphatic rings. The van der Waals surface area contributed by atoms with Crippen molar-refractivity contribution in [2.75, 3.05) is 72.0 Å². The van der Waals surface area contributed by atoms with E-state index in [2.05, 4.69) is 40.9 Å². The number of nitrogens with zero attached hydrogens (tertiary/aromatic N) is 6. The molecule has 8 rings (SSSR count). The van der Waals surface area contributed by atoms with Gasteiger partial charge in [-0.15, -0.1) is 0 Å². The molecule has 5 bridgehead atoms. The zero-order valence-corrected chi connectivity index (χ0v) is 54.5. The SMILES string of the molecule is CC[C@H](CO)NCCN[C@H](CC)CO.CO[C@H]1/C=C/O[C@@]2(C)Oc3c(C)c(O)c4c(O)c(c(/C=N/N5CCN(C)CC5)c(O)c4c3C2=O)NC(=O)/C(C)=C\C=C\[C@H](C)[C@H](O)[C@@H](C)[C@@H](O)[C@@H](C)[C@H](OC(C)=O)[C@@H]1C.NC(=O)c1cnccn1.NNC(=O)c1ccncc1. The molecule has 0 saturated carbocycles. The van der Waals surface area contributed by atoms with Crippen molar-refractivity contribution in [1.29, 1.82) is 0 Å². The highest BCUT2D eigenvalue weighted by Crippen LogP contribution is 2.55. The summed E-state index contributed by atoms with van der Waals surface area (Å²) in [6.45, 7) is 21.2. The van der Waals surface area contributed by atoms with Crippen LogP contribution in [0.1, 0.15) is 117 Å². The molecule has 15 N–H and O–H groups in total. The summed E-state index contributed by atoms with van der Waals surface area (Å²) in [6.07, 6.45) is 14.0. The van der Waals surface area contributed by atoms with E-state index in [1.807, 2.05) is 26.3 Å². The minimum Gasteiger partial charge on any atom is -0.507 e. The first kappa shape index (κ1) is 76.3. The molecule has 4 aliphatic heterocycles. The fourth-order valence-electron chi connectivity index (χ4n) is 10.2. The highest BCUT2D eigenvalue weighted by atomic mass is 16.7. The molecule has 1 fully saturated rings. The Labute approximate surface area is 536 Å². The number of nitrogen functional groups attached to an aromatic ring is 1. The number of methoxy groups -OCH3 is 1. The van der Waals surface area contributed by atoms with Crippen molar-refractivity contribution in [3.8, 4) is 23.0 Å². The van der Waals surface area contributed by atoms with Crippen LogP contribution in [0, 0.1) is 30.6 Å². The number of nitrogens with one attached hydrogen (secondary N) is 4. The number of piperazine rings is 1. The Morgan fingerprint density at radius 2 is 1.49 bits per heavy atom. The molecule has 2 aromatic carbocycles. The number of allylic oxidation sites excluding steroid dienone is 2. The summed E-state index contributed by atoms with van der Waals surface area (Å²) < 4.78 is 23.6. The summed E-state index contributed by atoms with van der Waals surface area (Å²) in [4.78, 5) is 74.7. The third-order valence-corrected chi connectivity index (χ3v) is 16.2. The van der Waals surface area contributed by atoms with E-state index in [1.165, 1.54) is 90.4 Å². The minimum absolute atomic E-state index is 0.0559. The Bertz CT molecular complexity index is 3180. The van der Waals surface area contributed by atoms with E-state index >= 15 is 0 Å². The van der Waals surface area contributed by atoms with Crippen LogP contribution in [-0.4, -0.2) is 205 Å². The number of ketones is 1. The number of carbonyl (C=O) groups excluding carboxylic acids is 5. The van der Waals surface area contributed by atoms with E-state index in [1.54, 1.807) is 57.0 Å². The number of fused-ring (bicyclic) bond motifs is 14. The van der Waals surface area contributed by atoms with Crippen molar-refractivity contribution in [3.63, 3.8) is 0 Å². The zero-order valence-electron chi connectivity index (χ0n) is 54.5. The Morgan fingerprint density at radius 1 is 0.870 bits per heavy atom. The molecule has 506 valence electrons. The van der Waals surface area contributed by atoms with Crippen LogP contribution in [0.4, 0.5) is 5.69 Å². The summed E-state index contributed by atoms with van der Waals surface area (Å²) in [7, 11) is 3.42. The van der Waals surface area contributed by atoms with E-state index in [-0.39, 0.29) is 81.4 Å². The molecule has 4 aromatic rings. The number of Topliss-reactive ketones (excluding diaryl/α,β-unsaturated/α-hetero) is 1. The van der Waals surface area contributed by atoms with Crippen LogP contribution in [0.25, 0.3) is 10.8 Å². The molecule has 0 spiro atoms. The molecule has 0 unspecified atom stereocenters. The van der Waals surface area contributed by atoms with Gasteiger partial charge in [0.15, 0.2) is 5.75 Å². The molecule has 1 saturated heterocycles. The van der Waals surface area contributed by atoms with Crippen molar-refractivity contribution >= 4 is 52.1 Å². The van der Waals surface area contributed by atoms with Crippen molar-refractivity contribution in [2.45, 2.75) is 124 Å². The number of primary amides is 1. The van der Waals surface area contributed by atoms with Crippen LogP contribution in [0.2, 0.25) is 0 Å². The number of phenols is 3. The van der Waals surface area contributed by atoms with Gasteiger partial charge in [0.05, 0.1) is 72.4 Å². The summed E-state index contributed by atoms with van der Waals surface area (Å²) >= 11 is 0. The predicted octanol–water partition coefficient (Wildman–Crippen LogP) is 3.30. The number of ether oxygens (including phenoxy) is 4. The van der Waals surface area contributed by atoms with Gasteiger partial charge in [-0.1, -0.05) is 59.8 Å². The number of phenolic OH excluding ortho intramolecular Hbond substituents is 3. The van der Waals surface area contributed by atoms with E-state index in [0.717, 1.165) is 39.0 Å². The molecule has 92 heavy (non-hydrogen) atoms. The number of benzene rings is 2. The number of anilines is 1. The van der Waals surface area contributed by atoms with Gasteiger partial charge in [0.25, 0.3) is 23.5 Å². The summed E-state index contributed by atoms with van der Waals surface area (Å²) in [5.74, 6) is -4.31. The number of aliphatic hydroxyl groups is 4. The lowest BCUT2D eigenvalue weighted by molar-refractivity contribution is -0.160. The van der Waals surface area contributed by atoms with Crippen LogP contribution < -0.4 is 37.7 Å². The van der Waals surface area contributed by atoms with Crippen LogP contribution in [0.5, 0.6) is 23.0 Å². The number of hydrogen-bond donors (Lipinski definition) is 13. The van der Waals surface area contributed by atoms with E-state index in [9.17, 15) is 49.5 Å². The number of carbonyl (C=O) groups is 5. The zero-order chi connectivity index (χ0) is 68.6. The third-order valence-electron chi connectivity index (χ3n) is 16.2. The molecule has 0 aliphatic carbocycles.